The third kappa shape index (κ3) is 3.42. The molecule has 0 fully saturated rings. The Labute approximate surface area is 116 Å². The molecule has 0 bridgehead atoms. The second kappa shape index (κ2) is 5.98. The summed E-state index contributed by atoms with van der Waals surface area (Å²) in [5.41, 5.74) is 2.63. The number of amides is 1. The number of halogens is 1. The lowest BCUT2D eigenvalue weighted by molar-refractivity contribution is -0.115. The molecule has 0 heterocycles. The van der Waals surface area contributed by atoms with Gasteiger partial charge in [0.15, 0.2) is 0 Å². The van der Waals surface area contributed by atoms with Crippen molar-refractivity contribution in [1.29, 1.82) is 5.26 Å². The van der Waals surface area contributed by atoms with E-state index in [-0.39, 0.29) is 18.1 Å². The van der Waals surface area contributed by atoms with Gasteiger partial charge in [-0.25, -0.2) is 4.39 Å². The van der Waals surface area contributed by atoms with Gasteiger partial charge >= 0.3 is 0 Å². The maximum atomic E-state index is 13.1. The topological polar surface area (TPSA) is 52.9 Å². The van der Waals surface area contributed by atoms with E-state index in [0.29, 0.717) is 11.3 Å². The average Bonchev–Trinajstić information content (AvgIpc) is 2.43. The summed E-state index contributed by atoms with van der Waals surface area (Å²) in [4.78, 5) is 11.9. The Morgan fingerprint density at radius 3 is 2.60 bits per heavy atom. The molecule has 1 amide bonds. The molecule has 0 aliphatic carbocycles. The molecule has 20 heavy (non-hydrogen) atoms. The van der Waals surface area contributed by atoms with Crippen LogP contribution in [0.4, 0.5) is 10.1 Å². The molecule has 0 unspecified atom stereocenters. The van der Waals surface area contributed by atoms with E-state index in [1.165, 1.54) is 12.1 Å². The van der Waals surface area contributed by atoms with Gasteiger partial charge in [-0.05, 0) is 42.3 Å². The number of benzene rings is 2. The first-order chi connectivity index (χ1) is 9.58. The summed E-state index contributed by atoms with van der Waals surface area (Å²) in [6.07, 6.45) is 0.182. The van der Waals surface area contributed by atoms with Gasteiger partial charge in [0.05, 0.1) is 18.1 Å². The molecule has 0 aliphatic heterocycles. The van der Waals surface area contributed by atoms with Crippen LogP contribution in [-0.2, 0) is 11.2 Å². The van der Waals surface area contributed by atoms with E-state index in [2.05, 4.69) is 5.32 Å². The number of carbonyl (C=O) groups is 1. The molecule has 2 aromatic rings. The number of nitrogens with one attached hydrogen (secondary N) is 1. The minimum atomic E-state index is -0.385. The Morgan fingerprint density at radius 2 is 1.95 bits per heavy atom. The van der Waals surface area contributed by atoms with Crippen molar-refractivity contribution in [1.82, 2.24) is 0 Å². The Bertz CT molecular complexity index is 672. The van der Waals surface area contributed by atoms with Gasteiger partial charge in [-0.3, -0.25) is 4.79 Å². The standard InChI is InChI=1S/C16H13FN2O/c1-11-2-7-14(17)9-15(11)19-16(20)8-12-3-5-13(10-18)6-4-12/h2-7,9H,8H2,1H3,(H,19,20). The fourth-order valence-electron chi connectivity index (χ4n) is 1.81. The molecule has 0 saturated carbocycles. The van der Waals surface area contributed by atoms with Crippen molar-refractivity contribution in [3.05, 3.63) is 65.0 Å². The molecule has 0 saturated heterocycles. The first-order valence-corrected chi connectivity index (χ1v) is 6.13. The summed E-state index contributed by atoms with van der Waals surface area (Å²) >= 11 is 0. The number of hydrogen-bond acceptors (Lipinski definition) is 2. The van der Waals surface area contributed by atoms with E-state index in [0.717, 1.165) is 11.1 Å². The summed E-state index contributed by atoms with van der Waals surface area (Å²) in [5, 5.41) is 11.4. The zero-order valence-electron chi connectivity index (χ0n) is 11.0. The molecular weight excluding hydrogens is 255 g/mol. The Morgan fingerprint density at radius 1 is 1.25 bits per heavy atom. The molecule has 1 N–H and O–H groups in total. The second-order valence-electron chi connectivity index (χ2n) is 4.49. The minimum Gasteiger partial charge on any atom is -0.325 e. The average molecular weight is 268 g/mol. The second-order valence-corrected chi connectivity index (χ2v) is 4.49. The third-order valence-corrected chi connectivity index (χ3v) is 2.92. The highest BCUT2D eigenvalue weighted by atomic mass is 19.1. The highest BCUT2D eigenvalue weighted by molar-refractivity contribution is 5.92. The SMILES string of the molecule is Cc1ccc(F)cc1NC(=O)Cc1ccc(C#N)cc1. The predicted molar refractivity (Wildman–Crippen MR) is 74.6 cm³/mol. The van der Waals surface area contributed by atoms with Crippen LogP contribution in [0.5, 0.6) is 0 Å². The smallest absolute Gasteiger partial charge is 0.228 e. The molecule has 0 atom stereocenters. The van der Waals surface area contributed by atoms with Crippen molar-refractivity contribution in [2.45, 2.75) is 13.3 Å². The number of hydrogen-bond donors (Lipinski definition) is 1. The Balaban J connectivity index is 2.05. The van der Waals surface area contributed by atoms with Crippen molar-refractivity contribution in [3.63, 3.8) is 0 Å². The zero-order chi connectivity index (χ0) is 14.5. The van der Waals surface area contributed by atoms with Crippen LogP contribution < -0.4 is 5.32 Å². The number of nitriles is 1. The number of anilines is 1. The van der Waals surface area contributed by atoms with Crippen LogP contribution in [0.3, 0.4) is 0 Å². The van der Waals surface area contributed by atoms with Crippen LogP contribution in [0, 0.1) is 24.1 Å². The maximum absolute atomic E-state index is 13.1. The van der Waals surface area contributed by atoms with Crippen molar-refractivity contribution >= 4 is 11.6 Å². The molecule has 3 nitrogen and oxygen atoms in total. The van der Waals surface area contributed by atoms with Crippen molar-refractivity contribution in [3.8, 4) is 6.07 Å². The van der Waals surface area contributed by atoms with Gasteiger partial charge in [0.2, 0.25) is 5.91 Å². The molecule has 2 rings (SSSR count). The van der Waals surface area contributed by atoms with Crippen LogP contribution in [0.2, 0.25) is 0 Å². The summed E-state index contributed by atoms with van der Waals surface area (Å²) in [5.74, 6) is -0.604. The lowest BCUT2D eigenvalue weighted by Crippen LogP contribution is -2.15. The predicted octanol–water partition coefficient (Wildman–Crippen LogP) is 3.19. The number of carbonyl (C=O) groups excluding carboxylic acids is 1. The lowest BCUT2D eigenvalue weighted by Gasteiger charge is -2.08. The van der Waals surface area contributed by atoms with Crippen molar-refractivity contribution in [2.75, 3.05) is 5.32 Å². The Hall–Kier alpha value is -2.67. The largest absolute Gasteiger partial charge is 0.325 e. The molecular formula is C16H13FN2O. The molecule has 0 aromatic heterocycles. The normalized spacial score (nSPS) is 9.85. The van der Waals surface area contributed by atoms with Crippen molar-refractivity contribution < 1.29 is 9.18 Å². The minimum absolute atomic E-state index is 0.182. The van der Waals surface area contributed by atoms with Gasteiger partial charge in [-0.2, -0.15) is 5.26 Å². The van der Waals surface area contributed by atoms with Gasteiger partial charge in [0.1, 0.15) is 5.82 Å². The molecule has 0 aliphatic rings. The first-order valence-electron chi connectivity index (χ1n) is 6.13. The van der Waals surface area contributed by atoms with E-state index in [1.807, 2.05) is 6.07 Å². The van der Waals surface area contributed by atoms with Gasteiger partial charge < -0.3 is 5.32 Å². The van der Waals surface area contributed by atoms with Crippen LogP contribution >= 0.6 is 0 Å². The zero-order valence-corrected chi connectivity index (χ0v) is 11.0. The van der Waals surface area contributed by atoms with E-state index >= 15 is 0 Å². The van der Waals surface area contributed by atoms with Gasteiger partial charge in [0.25, 0.3) is 0 Å². The molecule has 100 valence electrons. The molecule has 4 heteroatoms. The molecule has 0 radical (unpaired) electrons. The quantitative estimate of drug-likeness (QED) is 0.929. The summed E-state index contributed by atoms with van der Waals surface area (Å²) < 4.78 is 13.1. The fourth-order valence-corrected chi connectivity index (χ4v) is 1.81. The highest BCUT2D eigenvalue weighted by Gasteiger charge is 2.07. The summed E-state index contributed by atoms with van der Waals surface area (Å²) in [6.45, 7) is 1.80. The van der Waals surface area contributed by atoms with Crippen LogP contribution in [0.25, 0.3) is 0 Å². The van der Waals surface area contributed by atoms with E-state index < -0.39 is 0 Å². The fraction of sp³-hybridized carbons (Fsp3) is 0.125. The van der Waals surface area contributed by atoms with E-state index in [4.69, 9.17) is 5.26 Å². The van der Waals surface area contributed by atoms with Crippen LogP contribution in [0.1, 0.15) is 16.7 Å². The van der Waals surface area contributed by atoms with E-state index in [1.54, 1.807) is 37.3 Å². The van der Waals surface area contributed by atoms with Crippen molar-refractivity contribution in [2.24, 2.45) is 0 Å². The third-order valence-electron chi connectivity index (χ3n) is 2.92. The highest BCUT2D eigenvalue weighted by Crippen LogP contribution is 2.16. The van der Waals surface area contributed by atoms with Gasteiger partial charge in [0, 0.05) is 5.69 Å². The molecule has 0 spiro atoms. The number of aryl methyl sites for hydroxylation is 1. The number of nitrogens with zero attached hydrogens (tertiary/aromatic N) is 1. The lowest BCUT2D eigenvalue weighted by atomic mass is 10.1. The van der Waals surface area contributed by atoms with Gasteiger partial charge in [-0.15, -0.1) is 0 Å². The summed E-state index contributed by atoms with van der Waals surface area (Å²) in [7, 11) is 0. The maximum Gasteiger partial charge on any atom is 0.228 e. The van der Waals surface area contributed by atoms with Gasteiger partial charge in [-0.1, -0.05) is 18.2 Å². The Kier molecular flexibility index (Phi) is 4.11. The monoisotopic (exact) mass is 268 g/mol. The summed E-state index contributed by atoms with van der Waals surface area (Å²) in [6, 6.07) is 13.1. The molecule has 2 aromatic carbocycles. The first kappa shape index (κ1) is 13.8. The van der Waals surface area contributed by atoms with E-state index in [9.17, 15) is 9.18 Å². The number of rotatable bonds is 3. The van der Waals surface area contributed by atoms with Crippen LogP contribution in [-0.4, -0.2) is 5.91 Å². The van der Waals surface area contributed by atoms with Crippen LogP contribution in [0.15, 0.2) is 42.5 Å².